The fraction of sp³-hybridized carbons (Fsp3) is 0.867. The van der Waals surface area contributed by atoms with E-state index in [0.29, 0.717) is 32.1 Å². The number of piperazine rings is 1. The zero-order valence-electron chi connectivity index (χ0n) is 12.9. The summed E-state index contributed by atoms with van der Waals surface area (Å²) in [6.07, 6.45) is 1.94. The summed E-state index contributed by atoms with van der Waals surface area (Å²) in [5.74, 6) is -0.275. The predicted octanol–water partition coefficient (Wildman–Crippen LogP) is -1.35. The van der Waals surface area contributed by atoms with Crippen LogP contribution in [0, 0.1) is 0 Å². The average molecular weight is 309 g/mol. The molecule has 4 aliphatic heterocycles. The summed E-state index contributed by atoms with van der Waals surface area (Å²) in [6, 6.07) is 0.135. The molecular formula is C15H23N3O4. The second-order valence-corrected chi connectivity index (χ2v) is 7.04. The van der Waals surface area contributed by atoms with Gasteiger partial charge in [-0.25, -0.2) is 0 Å². The lowest BCUT2D eigenvalue weighted by Gasteiger charge is -2.60. The molecule has 0 radical (unpaired) electrons. The van der Waals surface area contributed by atoms with Gasteiger partial charge in [-0.1, -0.05) is 0 Å². The lowest BCUT2D eigenvalue weighted by Crippen LogP contribution is -2.82. The van der Waals surface area contributed by atoms with Crippen molar-refractivity contribution in [2.24, 2.45) is 0 Å². The van der Waals surface area contributed by atoms with Crippen LogP contribution in [0.3, 0.4) is 0 Å². The lowest BCUT2D eigenvalue weighted by atomic mass is 9.81. The predicted molar refractivity (Wildman–Crippen MR) is 77.0 cm³/mol. The van der Waals surface area contributed by atoms with Crippen LogP contribution < -0.4 is 0 Å². The van der Waals surface area contributed by atoms with Gasteiger partial charge in [-0.2, -0.15) is 0 Å². The summed E-state index contributed by atoms with van der Waals surface area (Å²) in [5.41, 5.74) is -0.608. The van der Waals surface area contributed by atoms with Gasteiger partial charge in [0.25, 0.3) is 5.91 Å². The van der Waals surface area contributed by atoms with Gasteiger partial charge in [0.05, 0.1) is 12.1 Å². The Balaban J connectivity index is 1.55. The number of amides is 2. The Bertz CT molecular complexity index is 499. The van der Waals surface area contributed by atoms with Crippen LogP contribution in [0.25, 0.3) is 0 Å². The van der Waals surface area contributed by atoms with Crippen molar-refractivity contribution < 1.29 is 19.4 Å². The third-order valence-electron chi connectivity index (χ3n) is 5.78. The minimum atomic E-state index is -0.608. The molecule has 0 aromatic carbocycles. The van der Waals surface area contributed by atoms with Gasteiger partial charge in [0.1, 0.15) is 5.54 Å². The highest BCUT2D eigenvalue weighted by molar-refractivity contribution is 6.05. The minimum absolute atomic E-state index is 0.105. The Labute approximate surface area is 129 Å². The van der Waals surface area contributed by atoms with Crippen LogP contribution in [0.4, 0.5) is 0 Å². The molecule has 0 unspecified atom stereocenters. The summed E-state index contributed by atoms with van der Waals surface area (Å²) in [6.45, 7) is 3.32. The number of aliphatic hydroxyl groups excluding tert-OH is 1. The van der Waals surface area contributed by atoms with Gasteiger partial charge in [-0.3, -0.25) is 24.3 Å². The number of carbonyl (C=O) groups is 2. The second kappa shape index (κ2) is 4.99. The van der Waals surface area contributed by atoms with E-state index in [2.05, 4.69) is 4.90 Å². The smallest absolute Gasteiger partial charge is 0.252 e. The van der Waals surface area contributed by atoms with Gasteiger partial charge in [-0.05, 0) is 19.3 Å². The Morgan fingerprint density at radius 3 is 2.59 bits per heavy atom. The molecule has 0 aliphatic carbocycles. The Kier molecular flexibility index (Phi) is 3.30. The fourth-order valence-electron chi connectivity index (χ4n) is 4.53. The van der Waals surface area contributed by atoms with Crippen molar-refractivity contribution in [3.8, 4) is 0 Å². The first-order valence-electron chi connectivity index (χ1n) is 8.11. The first kappa shape index (κ1) is 14.6. The maximum absolute atomic E-state index is 12.7. The van der Waals surface area contributed by atoms with Crippen molar-refractivity contribution in [1.82, 2.24) is 14.7 Å². The molecule has 2 amide bonds. The number of fused-ring (bicyclic) bond motifs is 2. The van der Waals surface area contributed by atoms with Crippen molar-refractivity contribution >= 4 is 11.8 Å². The van der Waals surface area contributed by atoms with E-state index in [0.717, 1.165) is 26.1 Å². The van der Waals surface area contributed by atoms with Crippen LogP contribution in [-0.2, 0) is 14.3 Å². The molecule has 0 bridgehead atoms. The number of likely N-dealkylation sites (tertiary alicyclic amines) is 1. The summed E-state index contributed by atoms with van der Waals surface area (Å²) in [7, 11) is 1.57. The molecule has 0 aromatic heterocycles. The molecule has 2 atom stereocenters. The maximum atomic E-state index is 12.7. The first-order chi connectivity index (χ1) is 10.5. The first-order valence-corrected chi connectivity index (χ1v) is 8.11. The van der Waals surface area contributed by atoms with E-state index in [-0.39, 0.29) is 17.9 Å². The number of likely N-dealkylation sites (N-methyl/N-ethyl adjacent to an activating group) is 1. The van der Waals surface area contributed by atoms with Crippen LogP contribution in [0.15, 0.2) is 0 Å². The second-order valence-electron chi connectivity index (χ2n) is 7.04. The zero-order valence-corrected chi connectivity index (χ0v) is 12.9. The summed E-state index contributed by atoms with van der Waals surface area (Å²) in [5, 5.41) is 9.96. The number of imide groups is 1. The highest BCUT2D eigenvalue weighted by atomic mass is 16.5. The lowest BCUT2D eigenvalue weighted by molar-refractivity contribution is -0.182. The van der Waals surface area contributed by atoms with Crippen molar-refractivity contribution in [3.63, 3.8) is 0 Å². The summed E-state index contributed by atoms with van der Waals surface area (Å²) in [4.78, 5) is 30.6. The summed E-state index contributed by atoms with van der Waals surface area (Å²) >= 11 is 0. The van der Waals surface area contributed by atoms with Crippen molar-refractivity contribution in [2.75, 3.05) is 39.9 Å². The quantitative estimate of drug-likeness (QED) is 0.604. The molecule has 7 nitrogen and oxygen atoms in total. The standard InChI is InChI=1S/C15H23N3O4/c1-16-13(20)12-6-11(19)7-18(12)15(14(16)21)8-17(9-15)10-2-4-22-5-3-10/h10-12,19H,2-9H2,1H3/t11-,12+/m1/s1. The van der Waals surface area contributed by atoms with E-state index in [1.807, 2.05) is 4.90 Å². The molecular weight excluding hydrogens is 286 g/mol. The van der Waals surface area contributed by atoms with Gasteiger partial charge in [-0.15, -0.1) is 0 Å². The number of hydrogen-bond acceptors (Lipinski definition) is 6. The number of rotatable bonds is 1. The van der Waals surface area contributed by atoms with Gasteiger partial charge in [0.15, 0.2) is 0 Å². The third kappa shape index (κ3) is 1.89. The number of nitrogens with zero attached hydrogens (tertiary/aromatic N) is 3. The SMILES string of the molecule is CN1C(=O)[C@@H]2C[C@@H](O)CN2C2(CN(C3CCOCC3)C2)C1=O. The molecule has 1 N–H and O–H groups in total. The van der Waals surface area contributed by atoms with Crippen molar-refractivity contribution in [3.05, 3.63) is 0 Å². The van der Waals surface area contributed by atoms with E-state index in [1.54, 1.807) is 7.05 Å². The highest BCUT2D eigenvalue weighted by Crippen LogP contribution is 2.41. The van der Waals surface area contributed by atoms with Gasteiger partial charge in [0, 0.05) is 45.9 Å². The molecule has 4 heterocycles. The average Bonchev–Trinajstić information content (AvgIpc) is 2.87. The van der Waals surface area contributed by atoms with Crippen LogP contribution in [-0.4, -0.2) is 95.2 Å². The molecule has 0 aromatic rings. The van der Waals surface area contributed by atoms with E-state index in [9.17, 15) is 14.7 Å². The van der Waals surface area contributed by atoms with Crippen LogP contribution in [0.5, 0.6) is 0 Å². The van der Waals surface area contributed by atoms with Gasteiger partial charge >= 0.3 is 0 Å². The normalized spacial score (nSPS) is 36.7. The molecule has 0 saturated carbocycles. The molecule has 122 valence electrons. The van der Waals surface area contributed by atoms with Crippen LogP contribution in [0.2, 0.25) is 0 Å². The Morgan fingerprint density at radius 1 is 1.23 bits per heavy atom. The summed E-state index contributed by atoms with van der Waals surface area (Å²) < 4.78 is 5.40. The Morgan fingerprint density at radius 2 is 1.91 bits per heavy atom. The van der Waals surface area contributed by atoms with E-state index < -0.39 is 11.6 Å². The van der Waals surface area contributed by atoms with E-state index in [4.69, 9.17) is 4.74 Å². The molecule has 4 rings (SSSR count). The fourth-order valence-corrected chi connectivity index (χ4v) is 4.53. The molecule has 1 spiro atoms. The van der Waals surface area contributed by atoms with E-state index >= 15 is 0 Å². The topological polar surface area (TPSA) is 73.3 Å². The van der Waals surface area contributed by atoms with Gasteiger partial charge < -0.3 is 9.84 Å². The molecule has 4 fully saturated rings. The number of hydrogen-bond donors (Lipinski definition) is 1. The highest BCUT2D eigenvalue weighted by Gasteiger charge is 2.64. The van der Waals surface area contributed by atoms with Gasteiger partial charge in [0.2, 0.25) is 5.91 Å². The maximum Gasteiger partial charge on any atom is 0.252 e. The molecule has 4 saturated heterocycles. The van der Waals surface area contributed by atoms with Crippen molar-refractivity contribution in [1.29, 1.82) is 0 Å². The van der Waals surface area contributed by atoms with Crippen LogP contribution in [0.1, 0.15) is 19.3 Å². The number of carbonyl (C=O) groups excluding carboxylic acids is 2. The third-order valence-corrected chi connectivity index (χ3v) is 5.78. The molecule has 22 heavy (non-hydrogen) atoms. The number of aliphatic hydroxyl groups is 1. The van der Waals surface area contributed by atoms with Crippen LogP contribution >= 0.6 is 0 Å². The van der Waals surface area contributed by atoms with Crippen molar-refractivity contribution in [2.45, 2.75) is 43.0 Å². The largest absolute Gasteiger partial charge is 0.392 e. The van der Waals surface area contributed by atoms with E-state index in [1.165, 1.54) is 4.90 Å². The Hall–Kier alpha value is -1.02. The number of β-amino-alcohol motifs (C(OH)–C–C–N with tert-alkyl or cyclic N) is 1. The monoisotopic (exact) mass is 309 g/mol. The molecule has 4 aliphatic rings. The zero-order chi connectivity index (χ0) is 15.5. The number of ether oxygens (including phenoxy) is 1. The molecule has 7 heteroatoms. The minimum Gasteiger partial charge on any atom is -0.392 e.